The van der Waals surface area contributed by atoms with Gasteiger partial charge in [0, 0.05) is 44.8 Å². The molecule has 0 saturated carbocycles. The maximum atomic E-state index is 12.6. The second-order valence-corrected chi connectivity index (χ2v) is 7.20. The molecule has 4 heteroatoms. The molecule has 2 aromatic carbocycles. The third-order valence-corrected chi connectivity index (χ3v) is 4.89. The summed E-state index contributed by atoms with van der Waals surface area (Å²) in [7, 11) is 0. The predicted molar refractivity (Wildman–Crippen MR) is 106 cm³/mol. The van der Waals surface area contributed by atoms with E-state index in [9.17, 15) is 9.90 Å². The summed E-state index contributed by atoms with van der Waals surface area (Å²) in [6.45, 7) is 3.99. The number of benzene rings is 2. The minimum absolute atomic E-state index is 0. The Morgan fingerprint density at radius 3 is 2.44 bits per heavy atom. The minimum atomic E-state index is -0.480. The average Bonchev–Trinajstić information content (AvgIpc) is 2.67. The van der Waals surface area contributed by atoms with Gasteiger partial charge in [-0.05, 0) is 36.5 Å². The summed E-state index contributed by atoms with van der Waals surface area (Å²) < 4.78 is 0. The van der Waals surface area contributed by atoms with Crippen molar-refractivity contribution < 1.29 is 42.6 Å². The minimum Gasteiger partial charge on any atom is -0.388 e. The number of amides is 1. The zero-order valence-electron chi connectivity index (χ0n) is 16.0. The Bertz CT molecular complexity index is 756. The summed E-state index contributed by atoms with van der Waals surface area (Å²) in [6, 6.07) is 18.6. The summed E-state index contributed by atoms with van der Waals surface area (Å²) in [5.41, 5.74) is 2.89. The molecule has 1 aliphatic rings. The van der Waals surface area contributed by atoms with Gasteiger partial charge in [-0.3, -0.25) is 4.79 Å². The first kappa shape index (κ1) is 22.0. The van der Waals surface area contributed by atoms with Crippen LogP contribution in [0.25, 0.3) is 6.08 Å². The summed E-state index contributed by atoms with van der Waals surface area (Å²) in [4.78, 5) is 14.5. The number of hydrogen-bond donors (Lipinski definition) is 1. The molecule has 1 N–H and O–H groups in total. The van der Waals surface area contributed by atoms with E-state index in [-0.39, 0.29) is 50.6 Å². The van der Waals surface area contributed by atoms with Crippen LogP contribution in [-0.2, 0) is 37.5 Å². The smallest absolute Gasteiger partial charge is 0.227 e. The Labute approximate surface area is 187 Å². The third kappa shape index (κ3) is 5.60. The van der Waals surface area contributed by atoms with Gasteiger partial charge in [-0.1, -0.05) is 38.1 Å². The number of aliphatic hydroxyl groups excluding tert-OH is 1. The molecule has 2 unspecified atom stereocenters. The summed E-state index contributed by atoms with van der Waals surface area (Å²) in [5, 5.41) is 10.2. The van der Waals surface area contributed by atoms with E-state index in [1.54, 1.807) is 0 Å². The normalized spacial score (nSPS) is 18.6. The fourth-order valence-electron chi connectivity index (χ4n) is 3.36. The first-order valence-corrected chi connectivity index (χ1v) is 9.30. The second-order valence-electron chi connectivity index (χ2n) is 7.20. The van der Waals surface area contributed by atoms with Crippen LogP contribution in [0, 0.1) is 12.0 Å². The Hall–Kier alpha value is -1.29. The molecule has 0 spiro atoms. The number of anilines is 1. The van der Waals surface area contributed by atoms with Gasteiger partial charge in [-0.25, -0.2) is 0 Å². The number of carbonyl (C=O) groups excluding carboxylic acids is 1. The molecule has 1 saturated heterocycles. The van der Waals surface area contributed by atoms with Crippen molar-refractivity contribution in [3.05, 3.63) is 71.8 Å². The van der Waals surface area contributed by atoms with E-state index in [4.69, 9.17) is 0 Å². The maximum Gasteiger partial charge on any atom is 0.227 e. The van der Waals surface area contributed by atoms with Crippen molar-refractivity contribution in [1.82, 2.24) is 0 Å². The van der Waals surface area contributed by atoms with Crippen molar-refractivity contribution in [2.45, 2.75) is 45.3 Å². The SMILES string of the molecule is CC(C)C(O)c1ccc(N2C(=O)CCCC2/C=C/c2cc[c-]cc2)cc1.[Y]. The van der Waals surface area contributed by atoms with E-state index in [0.29, 0.717) is 6.42 Å². The molecular weight excluding hydrogens is 411 g/mol. The van der Waals surface area contributed by atoms with Crippen molar-refractivity contribution in [1.29, 1.82) is 0 Å². The second kappa shape index (κ2) is 10.3. The third-order valence-electron chi connectivity index (χ3n) is 4.89. The number of hydrogen-bond acceptors (Lipinski definition) is 2. The molecule has 1 aliphatic heterocycles. The van der Waals surface area contributed by atoms with Crippen LogP contribution in [0.3, 0.4) is 0 Å². The Morgan fingerprint density at radius 1 is 1.15 bits per heavy atom. The number of carbonyl (C=O) groups is 1. The fraction of sp³-hybridized carbons (Fsp3) is 0.348. The molecular formula is C23H26NO2Y-. The molecule has 1 amide bonds. The summed E-state index contributed by atoms with van der Waals surface area (Å²) >= 11 is 0. The molecule has 0 bridgehead atoms. The van der Waals surface area contributed by atoms with Crippen LogP contribution in [-0.4, -0.2) is 17.1 Å². The van der Waals surface area contributed by atoms with Gasteiger partial charge in [0.25, 0.3) is 0 Å². The van der Waals surface area contributed by atoms with Gasteiger partial charge >= 0.3 is 0 Å². The quantitative estimate of drug-likeness (QED) is 0.685. The zero-order chi connectivity index (χ0) is 18.5. The molecule has 2 atom stereocenters. The zero-order valence-corrected chi connectivity index (χ0v) is 18.8. The molecule has 27 heavy (non-hydrogen) atoms. The van der Waals surface area contributed by atoms with E-state index in [1.165, 1.54) is 0 Å². The molecule has 1 fully saturated rings. The van der Waals surface area contributed by atoms with E-state index in [0.717, 1.165) is 29.7 Å². The number of piperidine rings is 1. The van der Waals surface area contributed by atoms with Gasteiger partial charge in [0.1, 0.15) is 0 Å². The Balaban J connectivity index is 0.00000261. The molecule has 2 aromatic rings. The van der Waals surface area contributed by atoms with E-state index < -0.39 is 6.10 Å². The molecule has 139 valence electrons. The van der Waals surface area contributed by atoms with Crippen molar-refractivity contribution in [3.63, 3.8) is 0 Å². The van der Waals surface area contributed by atoms with Gasteiger partial charge < -0.3 is 10.0 Å². The molecule has 1 heterocycles. The summed E-state index contributed by atoms with van der Waals surface area (Å²) in [5.74, 6) is 0.320. The van der Waals surface area contributed by atoms with Gasteiger partial charge in [-0.2, -0.15) is 30.3 Å². The van der Waals surface area contributed by atoms with Crippen LogP contribution in [0.5, 0.6) is 0 Å². The standard InChI is InChI=1S/C23H26NO2.Y/c1-17(2)23(26)19-12-15-21(16-13-19)24-20(9-6-10-22(24)25)14-11-18-7-4-3-5-8-18;/h4-5,7-8,11-17,20,23,26H,6,9-10H2,1-2H3;/q-1;/b14-11+;. The van der Waals surface area contributed by atoms with Gasteiger partial charge in [0.05, 0.1) is 12.1 Å². The Kier molecular flexibility index (Phi) is 8.40. The van der Waals surface area contributed by atoms with Crippen LogP contribution in [0.4, 0.5) is 5.69 Å². The largest absolute Gasteiger partial charge is 0.388 e. The van der Waals surface area contributed by atoms with Crippen molar-refractivity contribution in [3.8, 4) is 0 Å². The van der Waals surface area contributed by atoms with Gasteiger partial charge in [0.2, 0.25) is 5.91 Å². The number of rotatable bonds is 5. The van der Waals surface area contributed by atoms with Crippen LogP contribution < -0.4 is 4.90 Å². The van der Waals surface area contributed by atoms with E-state index in [2.05, 4.69) is 18.2 Å². The van der Waals surface area contributed by atoms with Crippen LogP contribution in [0.1, 0.15) is 50.3 Å². The van der Waals surface area contributed by atoms with E-state index >= 15 is 0 Å². The topological polar surface area (TPSA) is 40.5 Å². The van der Waals surface area contributed by atoms with Crippen LogP contribution in [0.2, 0.25) is 0 Å². The van der Waals surface area contributed by atoms with Gasteiger partial charge in [-0.15, -0.1) is 5.56 Å². The maximum absolute atomic E-state index is 12.6. The van der Waals surface area contributed by atoms with Crippen molar-refractivity contribution in [2.24, 2.45) is 5.92 Å². The first-order chi connectivity index (χ1) is 12.6. The molecule has 3 nitrogen and oxygen atoms in total. The number of aliphatic hydroxyl groups is 1. The fourth-order valence-corrected chi connectivity index (χ4v) is 3.36. The molecule has 0 aliphatic carbocycles. The van der Waals surface area contributed by atoms with Crippen LogP contribution in [0.15, 0.2) is 54.6 Å². The Morgan fingerprint density at radius 2 is 1.81 bits per heavy atom. The molecule has 1 radical (unpaired) electrons. The monoisotopic (exact) mass is 437 g/mol. The summed E-state index contributed by atoms with van der Waals surface area (Å²) in [6.07, 6.45) is 6.16. The van der Waals surface area contributed by atoms with Crippen LogP contribution >= 0.6 is 0 Å². The molecule has 0 aromatic heterocycles. The average molecular weight is 437 g/mol. The van der Waals surface area contributed by atoms with Gasteiger partial charge in [0.15, 0.2) is 0 Å². The molecule has 3 rings (SSSR count). The number of nitrogens with zero attached hydrogens (tertiary/aromatic N) is 1. The van der Waals surface area contributed by atoms with Crippen molar-refractivity contribution >= 4 is 17.7 Å². The predicted octanol–water partition coefficient (Wildman–Crippen LogP) is 4.77. The van der Waals surface area contributed by atoms with E-state index in [1.807, 2.05) is 67.3 Å². The first-order valence-electron chi connectivity index (χ1n) is 9.30. The van der Waals surface area contributed by atoms with Crippen molar-refractivity contribution in [2.75, 3.05) is 4.90 Å².